The van der Waals surface area contributed by atoms with Crippen LogP contribution < -0.4 is 4.74 Å². The number of ether oxygens (including phenoxy) is 1. The van der Waals surface area contributed by atoms with Crippen molar-refractivity contribution < 1.29 is 9.13 Å². The molecule has 2 rings (SSSR count). The summed E-state index contributed by atoms with van der Waals surface area (Å²) < 4.78 is 18.2. The molecule has 0 aliphatic rings. The third-order valence-electron chi connectivity index (χ3n) is 1.87. The van der Waals surface area contributed by atoms with Crippen LogP contribution >= 0.6 is 0 Å². The normalized spacial score (nSPS) is 9.67. The highest BCUT2D eigenvalue weighted by Crippen LogP contribution is 2.21. The maximum absolute atomic E-state index is 13.3. The third kappa shape index (κ3) is 2.26. The molecule has 1 aromatic heterocycles. The van der Waals surface area contributed by atoms with E-state index in [1.807, 2.05) is 13.8 Å². The van der Waals surface area contributed by atoms with Crippen molar-refractivity contribution in [2.75, 3.05) is 7.11 Å². The lowest BCUT2D eigenvalue weighted by atomic mass is 10.3. The minimum Gasteiger partial charge on any atom is -0.497 e. The molecule has 0 atom stereocenters. The summed E-state index contributed by atoms with van der Waals surface area (Å²) in [5.41, 5.74) is 1.02. The molecule has 4 heteroatoms. The zero-order valence-electron chi connectivity index (χ0n) is 9.39. The van der Waals surface area contributed by atoms with Gasteiger partial charge in [-0.1, -0.05) is 13.8 Å². The van der Waals surface area contributed by atoms with Crippen molar-refractivity contribution in [1.82, 2.24) is 9.97 Å². The van der Waals surface area contributed by atoms with Crippen LogP contribution in [-0.2, 0) is 0 Å². The molecule has 3 nitrogen and oxygen atoms in total. The number of rotatable bonds is 1. The van der Waals surface area contributed by atoms with E-state index in [1.165, 1.54) is 13.2 Å². The molecule has 1 heterocycles. The molecule has 0 bridgehead atoms. The topological polar surface area (TPSA) is 37.9 Å². The number of aromatic amines is 1. The van der Waals surface area contributed by atoms with Gasteiger partial charge in [0.2, 0.25) is 0 Å². The Balaban J connectivity index is 0.000000531. The van der Waals surface area contributed by atoms with Gasteiger partial charge in [0, 0.05) is 12.1 Å². The Labute approximate surface area is 88.3 Å². The molecule has 1 aromatic carbocycles. The number of methoxy groups -OCH3 is 1. The van der Waals surface area contributed by atoms with Crippen LogP contribution in [0.1, 0.15) is 19.7 Å². The SMILES string of the molecule is CC.COc1cc(F)c2nc(C)[nH]c2c1. The number of benzene rings is 1. The van der Waals surface area contributed by atoms with Crippen LogP contribution in [0.15, 0.2) is 12.1 Å². The number of aromatic nitrogens is 2. The van der Waals surface area contributed by atoms with Crippen molar-refractivity contribution in [3.05, 3.63) is 23.8 Å². The van der Waals surface area contributed by atoms with E-state index in [4.69, 9.17) is 4.74 Å². The first-order valence-corrected chi connectivity index (χ1v) is 4.90. The summed E-state index contributed by atoms with van der Waals surface area (Å²) in [6.07, 6.45) is 0. The lowest BCUT2D eigenvalue weighted by Gasteiger charge is -1.98. The van der Waals surface area contributed by atoms with Crippen molar-refractivity contribution in [1.29, 1.82) is 0 Å². The van der Waals surface area contributed by atoms with E-state index in [2.05, 4.69) is 9.97 Å². The van der Waals surface area contributed by atoms with Gasteiger partial charge in [0.05, 0.1) is 12.6 Å². The summed E-state index contributed by atoms with van der Waals surface area (Å²) >= 11 is 0. The number of aryl methyl sites for hydroxylation is 1. The van der Waals surface area contributed by atoms with Crippen molar-refractivity contribution in [3.8, 4) is 5.75 Å². The van der Waals surface area contributed by atoms with Crippen LogP contribution in [0, 0.1) is 12.7 Å². The number of H-pyrrole nitrogens is 1. The Kier molecular flexibility index (Phi) is 3.66. The van der Waals surface area contributed by atoms with E-state index in [1.54, 1.807) is 13.0 Å². The number of halogens is 1. The third-order valence-corrected chi connectivity index (χ3v) is 1.87. The van der Waals surface area contributed by atoms with Crippen molar-refractivity contribution in [3.63, 3.8) is 0 Å². The minimum atomic E-state index is -0.362. The summed E-state index contributed by atoms with van der Waals surface area (Å²) in [5, 5.41) is 0. The van der Waals surface area contributed by atoms with E-state index < -0.39 is 0 Å². The van der Waals surface area contributed by atoms with E-state index in [0.29, 0.717) is 22.6 Å². The van der Waals surface area contributed by atoms with Crippen molar-refractivity contribution >= 4 is 11.0 Å². The monoisotopic (exact) mass is 210 g/mol. The summed E-state index contributed by atoms with van der Waals surface area (Å²) in [4.78, 5) is 6.94. The first-order valence-electron chi connectivity index (χ1n) is 4.90. The molecule has 2 aromatic rings. The molecule has 1 N–H and O–H groups in total. The number of imidazole rings is 1. The van der Waals surface area contributed by atoms with Gasteiger partial charge in [-0.05, 0) is 6.92 Å². The van der Waals surface area contributed by atoms with Crippen LogP contribution in [0.2, 0.25) is 0 Å². The van der Waals surface area contributed by atoms with Gasteiger partial charge in [0.15, 0.2) is 5.82 Å². The Hall–Kier alpha value is -1.58. The van der Waals surface area contributed by atoms with Gasteiger partial charge in [0.1, 0.15) is 17.1 Å². The van der Waals surface area contributed by atoms with Gasteiger partial charge < -0.3 is 9.72 Å². The number of nitrogens with one attached hydrogen (secondary N) is 1. The second-order valence-electron chi connectivity index (χ2n) is 2.83. The summed E-state index contributed by atoms with van der Waals surface area (Å²) in [6.45, 7) is 5.78. The molecule has 0 aliphatic carbocycles. The average molecular weight is 210 g/mol. The molecular weight excluding hydrogens is 195 g/mol. The molecule has 0 aliphatic heterocycles. The Bertz CT molecular complexity index is 451. The minimum absolute atomic E-state index is 0.360. The van der Waals surface area contributed by atoms with Crippen LogP contribution in [0.25, 0.3) is 11.0 Å². The van der Waals surface area contributed by atoms with Gasteiger partial charge in [0.25, 0.3) is 0 Å². The largest absolute Gasteiger partial charge is 0.497 e. The highest BCUT2D eigenvalue weighted by Gasteiger charge is 2.07. The molecule has 0 amide bonds. The lowest BCUT2D eigenvalue weighted by molar-refractivity contribution is 0.412. The molecule has 0 fully saturated rings. The van der Waals surface area contributed by atoms with Crippen molar-refractivity contribution in [2.24, 2.45) is 0 Å². The van der Waals surface area contributed by atoms with Crippen LogP contribution in [0.3, 0.4) is 0 Å². The first kappa shape index (κ1) is 11.5. The molecular formula is C11H15FN2O. The molecule has 0 radical (unpaired) electrons. The Morgan fingerprint density at radius 3 is 2.60 bits per heavy atom. The van der Waals surface area contributed by atoms with Gasteiger partial charge >= 0.3 is 0 Å². The first-order chi connectivity index (χ1) is 7.20. The fraction of sp³-hybridized carbons (Fsp3) is 0.364. The van der Waals surface area contributed by atoms with Crippen LogP contribution in [0.5, 0.6) is 5.75 Å². The molecule has 0 unspecified atom stereocenters. The zero-order chi connectivity index (χ0) is 11.4. The predicted molar refractivity (Wildman–Crippen MR) is 58.7 cm³/mol. The fourth-order valence-electron chi connectivity index (χ4n) is 1.29. The van der Waals surface area contributed by atoms with Gasteiger partial charge in [-0.2, -0.15) is 0 Å². The molecule has 0 saturated heterocycles. The maximum Gasteiger partial charge on any atom is 0.154 e. The van der Waals surface area contributed by atoms with Gasteiger partial charge in [-0.25, -0.2) is 9.37 Å². The van der Waals surface area contributed by atoms with Crippen molar-refractivity contribution in [2.45, 2.75) is 20.8 Å². The summed E-state index contributed by atoms with van der Waals surface area (Å²) in [6, 6.07) is 3.04. The maximum atomic E-state index is 13.3. The highest BCUT2D eigenvalue weighted by molar-refractivity contribution is 5.77. The predicted octanol–water partition coefficient (Wildman–Crippen LogP) is 3.05. The molecule has 82 valence electrons. The number of hydrogen-bond donors (Lipinski definition) is 1. The zero-order valence-corrected chi connectivity index (χ0v) is 9.39. The fourth-order valence-corrected chi connectivity index (χ4v) is 1.29. The highest BCUT2D eigenvalue weighted by atomic mass is 19.1. The van der Waals surface area contributed by atoms with E-state index in [-0.39, 0.29) is 5.82 Å². The second kappa shape index (κ2) is 4.77. The standard InChI is InChI=1S/C9H9FN2O.C2H6/c1-5-11-8-4-6(13-2)3-7(10)9(8)12-5;1-2/h3-4H,1-2H3,(H,11,12);1-2H3. The van der Waals surface area contributed by atoms with Gasteiger partial charge in [-0.15, -0.1) is 0 Å². The number of fused-ring (bicyclic) bond motifs is 1. The second-order valence-corrected chi connectivity index (χ2v) is 2.83. The quantitative estimate of drug-likeness (QED) is 0.785. The smallest absolute Gasteiger partial charge is 0.154 e. The van der Waals surface area contributed by atoms with E-state index >= 15 is 0 Å². The number of nitrogens with zero attached hydrogens (tertiary/aromatic N) is 1. The lowest BCUT2D eigenvalue weighted by Crippen LogP contribution is -1.85. The Morgan fingerprint density at radius 1 is 1.33 bits per heavy atom. The summed E-state index contributed by atoms with van der Waals surface area (Å²) in [5.74, 6) is 0.828. The Morgan fingerprint density at radius 2 is 2.00 bits per heavy atom. The molecule has 15 heavy (non-hydrogen) atoms. The van der Waals surface area contributed by atoms with Crippen LogP contribution in [-0.4, -0.2) is 17.1 Å². The van der Waals surface area contributed by atoms with Crippen LogP contribution in [0.4, 0.5) is 4.39 Å². The summed E-state index contributed by atoms with van der Waals surface area (Å²) in [7, 11) is 1.50. The van der Waals surface area contributed by atoms with Gasteiger partial charge in [-0.3, -0.25) is 0 Å². The molecule has 0 spiro atoms. The van der Waals surface area contributed by atoms with E-state index in [0.717, 1.165) is 0 Å². The molecule has 0 saturated carbocycles. The van der Waals surface area contributed by atoms with E-state index in [9.17, 15) is 4.39 Å². The number of hydrogen-bond acceptors (Lipinski definition) is 2. The average Bonchev–Trinajstić information content (AvgIpc) is 2.62.